The molecule has 4 aliphatic heterocycles. The summed E-state index contributed by atoms with van der Waals surface area (Å²) in [7, 11) is 0. The van der Waals surface area contributed by atoms with Crippen LogP contribution in [0.25, 0.3) is 0 Å². The van der Waals surface area contributed by atoms with E-state index in [1.165, 1.54) is 19.5 Å². The van der Waals surface area contributed by atoms with Gasteiger partial charge in [0, 0.05) is 19.3 Å². The second-order valence-electron chi connectivity index (χ2n) is 9.81. The molecular formula is C22H22O9. The number of ketones is 1. The quantitative estimate of drug-likeness (QED) is 0.302. The SMILES string of the molecule is CC(=O)O[C@@]12C(=O)O[C@H](C3[C@](C)(CC(=O)c4ccoc4)C4CC(OC4=O)[C@]31C)[C@@H]1O[C@@H]12. The molecule has 9 atom stereocenters. The molecular weight excluding hydrogens is 408 g/mol. The molecule has 9 nitrogen and oxygen atoms in total. The van der Waals surface area contributed by atoms with Crippen LogP contribution in [0.3, 0.4) is 0 Å². The Kier molecular flexibility index (Phi) is 3.42. The maximum absolute atomic E-state index is 13.2. The summed E-state index contributed by atoms with van der Waals surface area (Å²) in [5.74, 6) is -2.92. The Morgan fingerprint density at radius 3 is 2.65 bits per heavy atom. The van der Waals surface area contributed by atoms with Gasteiger partial charge in [-0.05, 0) is 17.9 Å². The number of rotatable bonds is 4. The smallest absolute Gasteiger partial charge is 0.354 e. The molecule has 0 radical (unpaired) electrons. The standard InChI is InChI=1S/C22H22O9/c1-9(23)31-22-17-15(29-17)14(30-19(22)26)16-20(2,7-12(24)10-4-5-27-8-10)11-6-13(21(16,22)3)28-18(11)25/h4-5,8,11,13-17H,6-7H2,1-3H3/t11?,13?,14-,15-,16?,17-,20+,21+,22-/m0/s1. The maximum Gasteiger partial charge on any atom is 0.354 e. The molecule has 7 rings (SSSR count). The third-order valence-electron chi connectivity index (χ3n) is 8.43. The van der Waals surface area contributed by atoms with Crippen molar-refractivity contribution < 1.29 is 42.5 Å². The topological polar surface area (TPSA) is 122 Å². The Bertz CT molecular complexity index is 1030. The Labute approximate surface area is 177 Å². The fraction of sp³-hybridized carbons (Fsp3) is 0.636. The van der Waals surface area contributed by atoms with Gasteiger partial charge in [-0.15, -0.1) is 0 Å². The molecule has 6 fully saturated rings. The van der Waals surface area contributed by atoms with Gasteiger partial charge in [-0.25, -0.2) is 4.79 Å². The van der Waals surface area contributed by atoms with Crippen LogP contribution in [0.4, 0.5) is 0 Å². The predicted molar refractivity (Wildman–Crippen MR) is 98.4 cm³/mol. The van der Waals surface area contributed by atoms with E-state index in [1.54, 1.807) is 6.07 Å². The molecule has 0 N–H and O–H groups in total. The van der Waals surface area contributed by atoms with Crippen molar-refractivity contribution in [3.05, 3.63) is 24.2 Å². The molecule has 2 saturated carbocycles. The van der Waals surface area contributed by atoms with E-state index in [4.69, 9.17) is 23.4 Å². The van der Waals surface area contributed by atoms with Gasteiger partial charge in [-0.1, -0.05) is 13.8 Å². The molecule has 0 aromatic carbocycles. The summed E-state index contributed by atoms with van der Waals surface area (Å²) in [6, 6.07) is 1.58. The summed E-state index contributed by atoms with van der Waals surface area (Å²) in [6.07, 6.45) is 0.774. The first-order valence-corrected chi connectivity index (χ1v) is 10.5. The first-order valence-electron chi connectivity index (χ1n) is 10.5. The lowest BCUT2D eigenvalue weighted by molar-refractivity contribution is -0.287. The van der Waals surface area contributed by atoms with Crippen molar-refractivity contribution in [1.29, 1.82) is 0 Å². The van der Waals surface area contributed by atoms with Crippen LogP contribution in [0.5, 0.6) is 0 Å². The highest BCUT2D eigenvalue weighted by atomic mass is 16.7. The Balaban J connectivity index is 1.53. The van der Waals surface area contributed by atoms with E-state index < -0.39 is 70.6 Å². The zero-order chi connectivity index (χ0) is 21.9. The summed E-state index contributed by atoms with van der Waals surface area (Å²) < 4.78 is 28.2. The van der Waals surface area contributed by atoms with Crippen molar-refractivity contribution in [2.75, 3.05) is 0 Å². The summed E-state index contributed by atoms with van der Waals surface area (Å²) >= 11 is 0. The van der Waals surface area contributed by atoms with E-state index in [9.17, 15) is 19.2 Å². The van der Waals surface area contributed by atoms with E-state index in [0.717, 1.165) is 0 Å². The number of hydrogen-bond acceptors (Lipinski definition) is 9. The average molecular weight is 430 g/mol. The molecule has 4 bridgehead atoms. The molecule has 2 aliphatic carbocycles. The van der Waals surface area contributed by atoms with Crippen LogP contribution >= 0.6 is 0 Å². The number of epoxide rings is 1. The molecule has 6 aliphatic rings. The molecule has 0 amide bonds. The molecule has 164 valence electrons. The zero-order valence-electron chi connectivity index (χ0n) is 17.3. The summed E-state index contributed by atoms with van der Waals surface area (Å²) in [6.45, 7) is 4.91. The molecule has 4 saturated heterocycles. The van der Waals surface area contributed by atoms with Crippen molar-refractivity contribution in [1.82, 2.24) is 0 Å². The summed E-state index contributed by atoms with van der Waals surface area (Å²) in [5, 5.41) is 0. The average Bonchev–Trinajstić information content (AvgIpc) is 3.15. The number of carbonyl (C=O) groups excluding carboxylic acids is 4. The number of carbonyl (C=O) groups is 4. The van der Waals surface area contributed by atoms with Crippen molar-refractivity contribution >= 4 is 23.7 Å². The largest absolute Gasteiger partial charge is 0.472 e. The van der Waals surface area contributed by atoms with Crippen LogP contribution < -0.4 is 0 Å². The molecule has 9 heteroatoms. The molecule has 0 spiro atoms. The molecule has 3 unspecified atom stereocenters. The second kappa shape index (κ2) is 5.56. The molecule has 31 heavy (non-hydrogen) atoms. The van der Waals surface area contributed by atoms with Crippen LogP contribution in [0.1, 0.15) is 44.0 Å². The van der Waals surface area contributed by atoms with Gasteiger partial charge in [0.25, 0.3) is 0 Å². The number of Topliss-reactive ketones (excluding diaryl/α,β-unsaturated/α-hetero) is 1. The van der Waals surface area contributed by atoms with E-state index in [1.807, 2.05) is 13.8 Å². The van der Waals surface area contributed by atoms with Gasteiger partial charge in [0.1, 0.15) is 30.7 Å². The first-order chi connectivity index (χ1) is 14.6. The van der Waals surface area contributed by atoms with Crippen LogP contribution in [-0.2, 0) is 33.3 Å². The van der Waals surface area contributed by atoms with Crippen molar-refractivity contribution in [2.24, 2.45) is 22.7 Å². The highest BCUT2D eigenvalue weighted by Crippen LogP contribution is 2.73. The molecule has 5 heterocycles. The van der Waals surface area contributed by atoms with E-state index in [2.05, 4.69) is 0 Å². The van der Waals surface area contributed by atoms with E-state index in [-0.39, 0.29) is 12.2 Å². The van der Waals surface area contributed by atoms with Gasteiger partial charge in [-0.2, -0.15) is 0 Å². The van der Waals surface area contributed by atoms with Crippen LogP contribution in [0.2, 0.25) is 0 Å². The van der Waals surface area contributed by atoms with Crippen LogP contribution in [-0.4, -0.2) is 53.7 Å². The lowest BCUT2D eigenvalue weighted by Gasteiger charge is -2.64. The lowest BCUT2D eigenvalue weighted by atomic mass is 9.41. The summed E-state index contributed by atoms with van der Waals surface area (Å²) in [5.41, 5.74) is -3.31. The monoisotopic (exact) mass is 430 g/mol. The third-order valence-corrected chi connectivity index (χ3v) is 8.43. The highest BCUT2D eigenvalue weighted by molar-refractivity contribution is 5.97. The fourth-order valence-corrected chi connectivity index (χ4v) is 7.20. The van der Waals surface area contributed by atoms with Gasteiger partial charge >= 0.3 is 17.9 Å². The first kappa shape index (κ1) is 19.0. The Hall–Kier alpha value is -2.68. The van der Waals surface area contributed by atoms with Crippen LogP contribution in [0, 0.1) is 22.7 Å². The number of fused-ring (bicyclic) bond motifs is 3. The number of ether oxygens (including phenoxy) is 4. The van der Waals surface area contributed by atoms with Gasteiger partial charge < -0.3 is 23.4 Å². The van der Waals surface area contributed by atoms with Gasteiger partial charge in [0.2, 0.25) is 5.60 Å². The van der Waals surface area contributed by atoms with Crippen molar-refractivity contribution in [3.63, 3.8) is 0 Å². The maximum atomic E-state index is 13.2. The summed E-state index contributed by atoms with van der Waals surface area (Å²) in [4.78, 5) is 51.4. The Morgan fingerprint density at radius 2 is 1.97 bits per heavy atom. The predicted octanol–water partition coefficient (Wildman–Crippen LogP) is 1.43. The van der Waals surface area contributed by atoms with Gasteiger partial charge in [0.05, 0.1) is 23.2 Å². The number of esters is 3. The van der Waals surface area contributed by atoms with E-state index >= 15 is 0 Å². The van der Waals surface area contributed by atoms with Gasteiger partial charge in [-0.3, -0.25) is 14.4 Å². The fourth-order valence-electron chi connectivity index (χ4n) is 7.20. The van der Waals surface area contributed by atoms with Gasteiger partial charge in [0.15, 0.2) is 5.78 Å². The number of hydrogen-bond donors (Lipinski definition) is 0. The van der Waals surface area contributed by atoms with E-state index in [0.29, 0.717) is 12.0 Å². The van der Waals surface area contributed by atoms with Crippen molar-refractivity contribution in [3.8, 4) is 0 Å². The Morgan fingerprint density at radius 1 is 1.19 bits per heavy atom. The molecule has 1 aromatic rings. The lowest BCUT2D eigenvalue weighted by Crippen LogP contribution is -2.79. The van der Waals surface area contributed by atoms with Crippen molar-refractivity contribution in [2.45, 2.75) is 63.6 Å². The third kappa shape index (κ3) is 2.01. The minimum Gasteiger partial charge on any atom is -0.472 e. The number of furan rings is 1. The molecule has 1 aromatic heterocycles. The van der Waals surface area contributed by atoms with Crippen LogP contribution in [0.15, 0.2) is 23.0 Å². The minimum absolute atomic E-state index is 0.0286. The zero-order valence-corrected chi connectivity index (χ0v) is 17.3. The normalized spacial score (nSPS) is 48.4. The highest BCUT2D eigenvalue weighted by Gasteiger charge is 2.89. The second-order valence-corrected chi connectivity index (χ2v) is 9.81. The minimum atomic E-state index is -1.72.